The zero-order valence-corrected chi connectivity index (χ0v) is 17.3. The van der Waals surface area contributed by atoms with Gasteiger partial charge in [-0.3, -0.25) is 0 Å². The Morgan fingerprint density at radius 1 is 1.27 bits per heavy atom. The van der Waals surface area contributed by atoms with Crippen molar-refractivity contribution in [2.45, 2.75) is 33.1 Å². The first-order valence-corrected chi connectivity index (χ1v) is 8.46. The third-order valence-corrected chi connectivity index (χ3v) is 4.33. The number of alkyl halides is 3. The van der Waals surface area contributed by atoms with Crippen LogP contribution in [0.3, 0.4) is 0 Å². The lowest BCUT2D eigenvalue weighted by atomic mass is 10.1. The second-order valence-electron chi connectivity index (χ2n) is 5.21. The van der Waals surface area contributed by atoms with Gasteiger partial charge in [-0.25, -0.2) is 14.4 Å². The maximum Gasteiger partial charge on any atom is 0.416 e. The molecule has 2 rings (SSSR count). The normalized spacial score (nSPS) is 11.8. The zero-order valence-electron chi connectivity index (χ0n) is 14.2. The Hall–Kier alpha value is -1.43. The summed E-state index contributed by atoms with van der Waals surface area (Å²) in [6.07, 6.45) is -4.63. The molecule has 1 heterocycles. The maximum atomic E-state index is 13.1. The maximum absolute atomic E-state index is 13.1. The zero-order chi connectivity index (χ0) is 18.4. The average molecular weight is 502 g/mol. The number of thiazole rings is 1. The highest BCUT2D eigenvalue weighted by molar-refractivity contribution is 14.0. The molecule has 0 fully saturated rings. The molecule has 4 nitrogen and oxygen atoms in total. The molecule has 0 unspecified atom stereocenters. The Morgan fingerprint density at radius 3 is 2.58 bits per heavy atom. The molecule has 10 heteroatoms. The topological polar surface area (TPSA) is 49.3 Å². The van der Waals surface area contributed by atoms with Gasteiger partial charge in [-0.2, -0.15) is 13.2 Å². The van der Waals surface area contributed by atoms with E-state index in [2.05, 4.69) is 20.6 Å². The van der Waals surface area contributed by atoms with Crippen molar-refractivity contribution in [2.75, 3.05) is 6.54 Å². The molecular formula is C16H19F4IN4S. The van der Waals surface area contributed by atoms with Gasteiger partial charge >= 0.3 is 6.18 Å². The molecule has 1 aromatic heterocycles. The van der Waals surface area contributed by atoms with Crippen LogP contribution in [0, 0.1) is 12.7 Å². The molecule has 0 amide bonds. The van der Waals surface area contributed by atoms with Crippen molar-refractivity contribution in [1.29, 1.82) is 0 Å². The highest BCUT2D eigenvalue weighted by atomic mass is 127. The number of guanidine groups is 1. The summed E-state index contributed by atoms with van der Waals surface area (Å²) in [4.78, 5) is 9.33. The third kappa shape index (κ3) is 6.38. The molecule has 2 N–H and O–H groups in total. The molecule has 0 aliphatic heterocycles. The van der Waals surface area contributed by atoms with Gasteiger partial charge in [0, 0.05) is 11.4 Å². The van der Waals surface area contributed by atoms with Gasteiger partial charge in [-0.1, -0.05) is 6.07 Å². The summed E-state index contributed by atoms with van der Waals surface area (Å²) in [7, 11) is 0. The number of hydrogen-bond acceptors (Lipinski definition) is 3. The molecule has 2 aromatic rings. The first-order valence-electron chi connectivity index (χ1n) is 7.58. The molecule has 26 heavy (non-hydrogen) atoms. The minimum absolute atomic E-state index is 0. The molecule has 0 atom stereocenters. The quantitative estimate of drug-likeness (QED) is 0.275. The van der Waals surface area contributed by atoms with Crippen molar-refractivity contribution in [3.8, 4) is 0 Å². The Morgan fingerprint density at radius 2 is 2.00 bits per heavy atom. The van der Waals surface area contributed by atoms with Crippen LogP contribution in [0.5, 0.6) is 0 Å². The van der Waals surface area contributed by atoms with Crippen molar-refractivity contribution >= 4 is 41.3 Å². The van der Waals surface area contributed by atoms with Crippen LogP contribution in [0.15, 0.2) is 28.7 Å². The lowest BCUT2D eigenvalue weighted by molar-refractivity contribution is -0.138. The average Bonchev–Trinajstić information content (AvgIpc) is 2.95. The van der Waals surface area contributed by atoms with E-state index in [9.17, 15) is 17.6 Å². The fourth-order valence-electron chi connectivity index (χ4n) is 2.12. The predicted molar refractivity (Wildman–Crippen MR) is 105 cm³/mol. The van der Waals surface area contributed by atoms with E-state index in [1.807, 2.05) is 13.8 Å². The van der Waals surface area contributed by atoms with Crippen LogP contribution in [-0.2, 0) is 19.3 Å². The van der Waals surface area contributed by atoms with Crippen LogP contribution in [0.2, 0.25) is 0 Å². The van der Waals surface area contributed by atoms with Gasteiger partial charge in [0.15, 0.2) is 5.96 Å². The van der Waals surface area contributed by atoms with Crippen LogP contribution >= 0.6 is 35.3 Å². The fourth-order valence-corrected chi connectivity index (χ4v) is 2.83. The Bertz CT molecular complexity index is 746. The standard InChI is InChI=1S/C16H18F4N4S.HI/c1-3-21-15(23-8-14-10(2)24-9-25-14)22-7-11-4-5-12(17)6-13(11)16(18,19)20;/h4-6,9H,3,7-8H2,1-2H3,(H2,21,22,23);1H. The fraction of sp³-hybridized carbons (Fsp3) is 0.375. The molecule has 0 saturated heterocycles. The van der Waals surface area contributed by atoms with Gasteiger partial charge in [0.2, 0.25) is 0 Å². The van der Waals surface area contributed by atoms with Crippen molar-refractivity contribution in [1.82, 2.24) is 15.6 Å². The third-order valence-electron chi connectivity index (χ3n) is 3.39. The molecule has 0 radical (unpaired) electrons. The molecule has 0 bridgehead atoms. The molecule has 0 aliphatic carbocycles. The number of nitrogens with zero attached hydrogens (tertiary/aromatic N) is 2. The van der Waals surface area contributed by atoms with Gasteiger partial charge in [0.05, 0.1) is 29.9 Å². The number of aliphatic imine (C=N–C) groups is 1. The minimum Gasteiger partial charge on any atom is -0.357 e. The van der Waals surface area contributed by atoms with E-state index in [-0.39, 0.29) is 36.1 Å². The van der Waals surface area contributed by atoms with Gasteiger partial charge in [-0.05, 0) is 31.5 Å². The van der Waals surface area contributed by atoms with Gasteiger partial charge < -0.3 is 10.6 Å². The Balaban J connectivity index is 0.00000338. The van der Waals surface area contributed by atoms with E-state index in [0.717, 1.165) is 22.7 Å². The van der Waals surface area contributed by atoms with Crippen molar-refractivity contribution in [3.05, 3.63) is 51.2 Å². The van der Waals surface area contributed by atoms with Crippen LogP contribution in [0.4, 0.5) is 17.6 Å². The Labute approximate surface area is 170 Å². The van der Waals surface area contributed by atoms with Crippen LogP contribution in [0.1, 0.15) is 28.6 Å². The van der Waals surface area contributed by atoms with Crippen LogP contribution in [0.25, 0.3) is 0 Å². The lowest BCUT2D eigenvalue weighted by Gasteiger charge is -2.14. The smallest absolute Gasteiger partial charge is 0.357 e. The molecule has 144 valence electrons. The predicted octanol–water partition coefficient (Wildman–Crippen LogP) is 4.48. The minimum atomic E-state index is -4.63. The number of hydrogen-bond donors (Lipinski definition) is 2. The second kappa shape index (κ2) is 10.0. The van der Waals surface area contributed by atoms with E-state index in [4.69, 9.17) is 0 Å². The molecule has 0 aliphatic rings. The summed E-state index contributed by atoms with van der Waals surface area (Å²) in [6.45, 7) is 4.55. The van der Waals surface area contributed by atoms with Crippen molar-refractivity contribution in [3.63, 3.8) is 0 Å². The number of rotatable bonds is 5. The number of benzene rings is 1. The van der Waals surface area contributed by atoms with Crippen molar-refractivity contribution in [2.24, 2.45) is 4.99 Å². The highest BCUT2D eigenvalue weighted by Crippen LogP contribution is 2.32. The van der Waals surface area contributed by atoms with E-state index in [1.54, 1.807) is 5.51 Å². The Kier molecular flexibility index (Phi) is 8.74. The van der Waals surface area contributed by atoms with E-state index < -0.39 is 17.6 Å². The SMILES string of the molecule is CCNC(=NCc1ccc(F)cc1C(F)(F)F)NCc1scnc1C.I. The summed E-state index contributed by atoms with van der Waals surface area (Å²) >= 11 is 1.48. The first-order chi connectivity index (χ1) is 11.8. The first kappa shape index (κ1) is 22.6. The van der Waals surface area contributed by atoms with E-state index in [1.165, 1.54) is 11.3 Å². The number of aromatic nitrogens is 1. The molecule has 0 spiro atoms. The molecule has 0 saturated carbocycles. The van der Waals surface area contributed by atoms with Crippen molar-refractivity contribution < 1.29 is 17.6 Å². The largest absolute Gasteiger partial charge is 0.416 e. The van der Waals surface area contributed by atoms with E-state index >= 15 is 0 Å². The summed E-state index contributed by atoms with van der Waals surface area (Å²) < 4.78 is 52.2. The van der Waals surface area contributed by atoms with Gasteiger partial charge in [0.1, 0.15) is 5.82 Å². The summed E-state index contributed by atoms with van der Waals surface area (Å²) in [5.74, 6) is -0.543. The summed E-state index contributed by atoms with van der Waals surface area (Å²) in [5.41, 5.74) is 1.53. The molecular weight excluding hydrogens is 483 g/mol. The van der Waals surface area contributed by atoms with Crippen LogP contribution < -0.4 is 10.6 Å². The monoisotopic (exact) mass is 502 g/mol. The lowest BCUT2D eigenvalue weighted by Crippen LogP contribution is -2.36. The van der Waals surface area contributed by atoms with Gasteiger partial charge in [0.25, 0.3) is 0 Å². The molecule has 1 aromatic carbocycles. The number of halogens is 5. The second-order valence-corrected chi connectivity index (χ2v) is 6.15. The van der Waals surface area contributed by atoms with Crippen LogP contribution in [-0.4, -0.2) is 17.5 Å². The highest BCUT2D eigenvalue weighted by Gasteiger charge is 2.33. The summed E-state index contributed by atoms with van der Waals surface area (Å²) in [6, 6.07) is 2.60. The number of aryl methyl sites for hydroxylation is 1. The van der Waals surface area contributed by atoms with E-state index in [0.29, 0.717) is 25.1 Å². The van der Waals surface area contributed by atoms with Gasteiger partial charge in [-0.15, -0.1) is 35.3 Å². The number of nitrogens with one attached hydrogen (secondary N) is 2. The summed E-state index contributed by atoms with van der Waals surface area (Å²) in [5, 5.41) is 6.03.